The molecular weight excluding hydrogens is 206 g/mol. The molecular formula is C11H19N3O2. The van der Waals surface area contributed by atoms with Crippen LogP contribution in [0.25, 0.3) is 0 Å². The molecule has 1 heterocycles. The molecule has 1 atom stereocenters. The molecule has 16 heavy (non-hydrogen) atoms. The molecule has 90 valence electrons. The maximum atomic E-state index is 12.0. The minimum Gasteiger partial charge on any atom is -0.376 e. The van der Waals surface area contributed by atoms with Gasteiger partial charge < -0.3 is 9.64 Å². The molecule has 0 spiro atoms. The molecule has 0 bridgehead atoms. The first-order chi connectivity index (χ1) is 7.56. The summed E-state index contributed by atoms with van der Waals surface area (Å²) in [5.41, 5.74) is 0. The number of morpholine rings is 1. The second-order valence-corrected chi connectivity index (χ2v) is 4.32. The second kappa shape index (κ2) is 5.83. The predicted octanol–water partition coefficient (Wildman–Crippen LogP) is 0.0776. The van der Waals surface area contributed by atoms with Gasteiger partial charge in [-0.2, -0.15) is 5.26 Å². The number of nitrogens with zero attached hydrogens (tertiary/aromatic N) is 3. The van der Waals surface area contributed by atoms with E-state index in [4.69, 9.17) is 10.00 Å². The Morgan fingerprint density at radius 3 is 2.94 bits per heavy atom. The molecule has 0 aromatic rings. The molecule has 1 amide bonds. The van der Waals surface area contributed by atoms with Crippen molar-refractivity contribution in [2.75, 3.05) is 33.4 Å². The molecule has 1 aliphatic heterocycles. The maximum absolute atomic E-state index is 12.0. The van der Waals surface area contributed by atoms with Crippen molar-refractivity contribution < 1.29 is 9.53 Å². The maximum Gasteiger partial charge on any atom is 0.237 e. The molecule has 1 saturated heterocycles. The summed E-state index contributed by atoms with van der Waals surface area (Å²) in [5.74, 6) is 0.00560. The highest BCUT2D eigenvalue weighted by atomic mass is 16.5. The van der Waals surface area contributed by atoms with Gasteiger partial charge in [0.2, 0.25) is 5.91 Å². The zero-order valence-electron chi connectivity index (χ0n) is 10.1. The lowest BCUT2D eigenvalue weighted by atomic mass is 10.2. The molecule has 5 nitrogen and oxygen atoms in total. The average molecular weight is 225 g/mol. The molecule has 0 N–H and O–H groups in total. The number of nitriles is 1. The van der Waals surface area contributed by atoms with E-state index < -0.39 is 6.04 Å². The number of rotatable bonds is 3. The van der Waals surface area contributed by atoms with E-state index >= 15 is 0 Å². The van der Waals surface area contributed by atoms with Crippen LogP contribution in [0.4, 0.5) is 0 Å². The van der Waals surface area contributed by atoms with Crippen molar-refractivity contribution in [3.63, 3.8) is 0 Å². The number of hydrogen-bond acceptors (Lipinski definition) is 4. The normalized spacial score (nSPS) is 21.2. The van der Waals surface area contributed by atoms with Crippen LogP contribution in [0.3, 0.4) is 0 Å². The zero-order valence-corrected chi connectivity index (χ0v) is 10.1. The summed E-state index contributed by atoms with van der Waals surface area (Å²) in [6.45, 7) is 5.80. The van der Waals surface area contributed by atoms with Gasteiger partial charge in [-0.3, -0.25) is 9.69 Å². The van der Waals surface area contributed by atoms with E-state index in [1.54, 1.807) is 4.90 Å². The van der Waals surface area contributed by atoms with E-state index in [1.807, 2.05) is 25.8 Å². The Balaban J connectivity index is 2.55. The number of carbonyl (C=O) groups is 1. The lowest BCUT2D eigenvalue weighted by Gasteiger charge is -2.33. The van der Waals surface area contributed by atoms with Crippen molar-refractivity contribution in [2.24, 2.45) is 0 Å². The summed E-state index contributed by atoms with van der Waals surface area (Å²) in [4.78, 5) is 15.5. The third-order valence-corrected chi connectivity index (χ3v) is 2.86. The standard InChI is InChI=1S/C11H19N3O2/c1-9(2)13(3)7-11(15)14-4-5-16-8-10(14)6-12/h9-10H,4-5,7-8H2,1-3H3. The van der Waals surface area contributed by atoms with Crippen LogP contribution < -0.4 is 0 Å². The summed E-state index contributed by atoms with van der Waals surface area (Å²) in [6.07, 6.45) is 0. The molecule has 1 unspecified atom stereocenters. The van der Waals surface area contributed by atoms with Gasteiger partial charge in [0.25, 0.3) is 0 Å². The van der Waals surface area contributed by atoms with Crippen molar-refractivity contribution in [3.8, 4) is 6.07 Å². The van der Waals surface area contributed by atoms with E-state index in [0.717, 1.165) is 0 Å². The lowest BCUT2D eigenvalue weighted by Crippen LogP contribution is -2.51. The topological polar surface area (TPSA) is 56.6 Å². The van der Waals surface area contributed by atoms with Crippen molar-refractivity contribution in [3.05, 3.63) is 0 Å². The Kier molecular flexibility index (Phi) is 4.71. The van der Waals surface area contributed by atoms with Gasteiger partial charge >= 0.3 is 0 Å². The average Bonchev–Trinajstić information content (AvgIpc) is 2.28. The highest BCUT2D eigenvalue weighted by molar-refractivity contribution is 5.79. The SMILES string of the molecule is CC(C)N(C)CC(=O)N1CCOCC1C#N. The van der Waals surface area contributed by atoms with Gasteiger partial charge in [-0.1, -0.05) is 0 Å². The monoisotopic (exact) mass is 225 g/mol. The lowest BCUT2D eigenvalue weighted by molar-refractivity contribution is -0.139. The summed E-state index contributed by atoms with van der Waals surface area (Å²) in [7, 11) is 1.91. The Morgan fingerprint density at radius 1 is 1.69 bits per heavy atom. The van der Waals surface area contributed by atoms with Gasteiger partial charge in [0.1, 0.15) is 6.04 Å². The van der Waals surface area contributed by atoms with E-state index in [-0.39, 0.29) is 5.91 Å². The summed E-state index contributed by atoms with van der Waals surface area (Å²) < 4.78 is 5.18. The van der Waals surface area contributed by atoms with Crippen LogP contribution in [0.1, 0.15) is 13.8 Å². The number of amides is 1. The van der Waals surface area contributed by atoms with Gasteiger partial charge in [-0.05, 0) is 20.9 Å². The van der Waals surface area contributed by atoms with Crippen LogP contribution >= 0.6 is 0 Å². The largest absolute Gasteiger partial charge is 0.376 e. The third-order valence-electron chi connectivity index (χ3n) is 2.86. The van der Waals surface area contributed by atoms with E-state index in [1.165, 1.54) is 0 Å². The summed E-state index contributed by atoms with van der Waals surface area (Å²) in [6, 6.07) is 1.99. The molecule has 0 radical (unpaired) electrons. The fourth-order valence-electron chi connectivity index (χ4n) is 1.50. The van der Waals surface area contributed by atoms with Crippen molar-refractivity contribution >= 4 is 5.91 Å². The molecule has 0 aromatic carbocycles. The first-order valence-electron chi connectivity index (χ1n) is 5.53. The van der Waals surface area contributed by atoms with Crippen molar-refractivity contribution in [1.82, 2.24) is 9.80 Å². The van der Waals surface area contributed by atoms with E-state index in [9.17, 15) is 4.79 Å². The van der Waals surface area contributed by atoms with Crippen LogP contribution in [0, 0.1) is 11.3 Å². The highest BCUT2D eigenvalue weighted by Crippen LogP contribution is 2.07. The second-order valence-electron chi connectivity index (χ2n) is 4.32. The van der Waals surface area contributed by atoms with Gasteiger partial charge in [0, 0.05) is 12.6 Å². The molecule has 0 saturated carbocycles. The van der Waals surface area contributed by atoms with Gasteiger partial charge in [0.05, 0.1) is 25.8 Å². The first kappa shape index (κ1) is 12.9. The Hall–Kier alpha value is -1.12. The van der Waals surface area contributed by atoms with Crippen LogP contribution in [0.15, 0.2) is 0 Å². The predicted molar refractivity (Wildman–Crippen MR) is 59.7 cm³/mol. The molecule has 1 fully saturated rings. The fourth-order valence-corrected chi connectivity index (χ4v) is 1.50. The first-order valence-corrected chi connectivity index (χ1v) is 5.53. The van der Waals surface area contributed by atoms with E-state index in [2.05, 4.69) is 6.07 Å². The molecule has 0 aliphatic carbocycles. The smallest absolute Gasteiger partial charge is 0.237 e. The molecule has 1 aliphatic rings. The van der Waals surface area contributed by atoms with Gasteiger partial charge in [-0.25, -0.2) is 0 Å². The number of ether oxygens (including phenoxy) is 1. The van der Waals surface area contributed by atoms with Crippen LogP contribution in [-0.2, 0) is 9.53 Å². The van der Waals surface area contributed by atoms with Crippen LogP contribution in [0.5, 0.6) is 0 Å². The summed E-state index contributed by atoms with van der Waals surface area (Å²) in [5, 5.41) is 8.92. The number of hydrogen-bond donors (Lipinski definition) is 0. The minimum absolute atomic E-state index is 0.00560. The van der Waals surface area contributed by atoms with Crippen LogP contribution in [0.2, 0.25) is 0 Å². The zero-order chi connectivity index (χ0) is 12.1. The quantitative estimate of drug-likeness (QED) is 0.682. The molecule has 5 heteroatoms. The van der Waals surface area contributed by atoms with Crippen LogP contribution in [-0.4, -0.2) is 61.1 Å². The minimum atomic E-state index is -0.429. The van der Waals surface area contributed by atoms with E-state index in [0.29, 0.717) is 32.3 Å². The Morgan fingerprint density at radius 2 is 2.38 bits per heavy atom. The van der Waals surface area contributed by atoms with Gasteiger partial charge in [-0.15, -0.1) is 0 Å². The van der Waals surface area contributed by atoms with Crippen molar-refractivity contribution in [1.29, 1.82) is 5.26 Å². The highest BCUT2D eigenvalue weighted by Gasteiger charge is 2.27. The molecule has 0 aromatic heterocycles. The number of carbonyl (C=O) groups excluding carboxylic acids is 1. The fraction of sp³-hybridized carbons (Fsp3) is 0.818. The molecule has 1 rings (SSSR count). The third kappa shape index (κ3) is 3.19. The number of likely N-dealkylation sites (N-methyl/N-ethyl adjacent to an activating group) is 1. The van der Waals surface area contributed by atoms with Crippen molar-refractivity contribution in [2.45, 2.75) is 25.9 Å². The Labute approximate surface area is 96.6 Å². The van der Waals surface area contributed by atoms with Gasteiger partial charge in [0.15, 0.2) is 0 Å². The Bertz CT molecular complexity index is 285. The summed E-state index contributed by atoms with van der Waals surface area (Å²) >= 11 is 0.